The molecule has 1 aromatic heterocycles. The lowest BCUT2D eigenvalue weighted by Gasteiger charge is -2.37. The molecular weight excluding hydrogens is 354 g/mol. The van der Waals surface area contributed by atoms with Crippen molar-refractivity contribution in [2.45, 2.75) is 0 Å². The Bertz CT molecular complexity index is 868. The van der Waals surface area contributed by atoms with Crippen LogP contribution in [0.2, 0.25) is 5.02 Å². The van der Waals surface area contributed by atoms with Gasteiger partial charge in [-0.15, -0.1) is 0 Å². The van der Waals surface area contributed by atoms with Gasteiger partial charge in [-0.25, -0.2) is 4.98 Å². The van der Waals surface area contributed by atoms with E-state index in [1.54, 1.807) is 24.4 Å². The van der Waals surface area contributed by atoms with Gasteiger partial charge in [-0.1, -0.05) is 23.7 Å². The van der Waals surface area contributed by atoms with Gasteiger partial charge in [0.2, 0.25) is 0 Å². The van der Waals surface area contributed by atoms with Crippen molar-refractivity contribution < 1.29 is 4.92 Å². The Balaban J connectivity index is 1.76. The summed E-state index contributed by atoms with van der Waals surface area (Å²) in [5, 5.41) is 20.8. The van der Waals surface area contributed by atoms with Gasteiger partial charge < -0.3 is 9.80 Å². The maximum atomic E-state index is 11.0. The van der Waals surface area contributed by atoms with E-state index in [1.165, 1.54) is 18.2 Å². The molecule has 1 aliphatic rings. The van der Waals surface area contributed by atoms with Gasteiger partial charge in [0.1, 0.15) is 5.82 Å². The molecule has 1 aliphatic heterocycles. The number of nitrogens with zero attached hydrogens (tertiary/aromatic N) is 5. The first-order chi connectivity index (χ1) is 12.6. The Labute approximate surface area is 155 Å². The van der Waals surface area contributed by atoms with Crippen LogP contribution in [0.1, 0.15) is 5.56 Å². The molecule has 132 valence electrons. The molecule has 7 nitrogen and oxygen atoms in total. The van der Waals surface area contributed by atoms with E-state index in [9.17, 15) is 10.1 Å². The molecule has 0 bridgehead atoms. The van der Waals surface area contributed by atoms with Crippen LogP contribution in [-0.2, 0) is 0 Å². The van der Waals surface area contributed by atoms with Gasteiger partial charge in [0.05, 0.1) is 21.7 Å². The van der Waals surface area contributed by atoms with E-state index >= 15 is 0 Å². The quantitative estimate of drug-likeness (QED) is 0.466. The second-order valence-corrected chi connectivity index (χ2v) is 6.21. The molecule has 1 saturated heterocycles. The molecule has 0 spiro atoms. The summed E-state index contributed by atoms with van der Waals surface area (Å²) < 4.78 is 0. The first-order valence-corrected chi connectivity index (χ1v) is 8.42. The number of halogens is 1. The lowest BCUT2D eigenvalue weighted by molar-refractivity contribution is -0.384. The lowest BCUT2D eigenvalue weighted by Crippen LogP contribution is -2.45. The highest BCUT2D eigenvalue weighted by atomic mass is 35.5. The predicted molar refractivity (Wildman–Crippen MR) is 99.7 cm³/mol. The standard InChI is InChI=1S/C18H16ClN5O2/c19-15-4-5-18(21-13-15)23-10-8-22(9-11-23)17(6-7-20)14-2-1-3-16(12-14)24(25)26/h1-6,12-13H,8-11H2/b17-6+. The Hall–Kier alpha value is -3.11. The normalized spacial score (nSPS) is 14.8. The Kier molecular flexibility index (Phi) is 5.34. The van der Waals surface area contributed by atoms with Gasteiger partial charge in [0.25, 0.3) is 5.69 Å². The molecule has 26 heavy (non-hydrogen) atoms. The number of allylic oxidation sites excluding steroid dienone is 1. The summed E-state index contributed by atoms with van der Waals surface area (Å²) in [4.78, 5) is 19.1. The zero-order valence-electron chi connectivity index (χ0n) is 13.9. The number of pyridine rings is 1. The summed E-state index contributed by atoms with van der Waals surface area (Å²) in [7, 11) is 0. The lowest BCUT2D eigenvalue weighted by atomic mass is 10.1. The number of hydrogen-bond donors (Lipinski definition) is 0. The third-order valence-corrected chi connectivity index (χ3v) is 4.43. The van der Waals surface area contributed by atoms with Crippen LogP contribution in [0, 0.1) is 21.4 Å². The predicted octanol–water partition coefficient (Wildman–Crippen LogP) is 3.33. The monoisotopic (exact) mass is 369 g/mol. The number of hydrogen-bond acceptors (Lipinski definition) is 6. The summed E-state index contributed by atoms with van der Waals surface area (Å²) >= 11 is 5.88. The average molecular weight is 370 g/mol. The second-order valence-electron chi connectivity index (χ2n) is 5.77. The fraction of sp³-hybridized carbons (Fsp3) is 0.222. The van der Waals surface area contributed by atoms with Gasteiger partial charge in [-0.2, -0.15) is 5.26 Å². The van der Waals surface area contributed by atoms with Crippen molar-refractivity contribution in [1.29, 1.82) is 5.26 Å². The van der Waals surface area contributed by atoms with Crippen LogP contribution >= 0.6 is 11.6 Å². The minimum atomic E-state index is -0.433. The minimum absolute atomic E-state index is 0.00957. The van der Waals surface area contributed by atoms with Gasteiger partial charge in [0.15, 0.2) is 0 Å². The minimum Gasteiger partial charge on any atom is -0.367 e. The van der Waals surface area contributed by atoms with E-state index in [-0.39, 0.29) is 5.69 Å². The average Bonchev–Trinajstić information content (AvgIpc) is 2.67. The molecule has 3 rings (SSSR count). The van der Waals surface area contributed by atoms with Gasteiger partial charge in [-0.3, -0.25) is 10.1 Å². The molecule has 0 atom stereocenters. The second kappa shape index (κ2) is 7.85. The zero-order chi connectivity index (χ0) is 18.5. The molecule has 0 saturated carbocycles. The molecule has 8 heteroatoms. The van der Waals surface area contributed by atoms with E-state index < -0.39 is 4.92 Å². The van der Waals surface area contributed by atoms with E-state index in [0.29, 0.717) is 29.4 Å². The van der Waals surface area contributed by atoms with Crippen molar-refractivity contribution >= 4 is 28.8 Å². The van der Waals surface area contributed by atoms with Gasteiger partial charge >= 0.3 is 0 Å². The van der Waals surface area contributed by atoms with Crippen molar-refractivity contribution in [2.75, 3.05) is 31.1 Å². The smallest absolute Gasteiger partial charge is 0.270 e. The van der Waals surface area contributed by atoms with Crippen LogP contribution in [0.5, 0.6) is 0 Å². The summed E-state index contributed by atoms with van der Waals surface area (Å²) in [6.45, 7) is 2.82. The van der Waals surface area contributed by atoms with Crippen LogP contribution in [0.15, 0.2) is 48.7 Å². The molecule has 0 aliphatic carbocycles. The summed E-state index contributed by atoms with van der Waals surface area (Å²) in [6, 6.07) is 12.1. The first kappa shape index (κ1) is 17.7. The van der Waals surface area contributed by atoms with Crippen LogP contribution in [0.25, 0.3) is 5.70 Å². The zero-order valence-corrected chi connectivity index (χ0v) is 14.6. The number of nitro benzene ring substituents is 1. The summed E-state index contributed by atoms with van der Waals surface area (Å²) in [6.07, 6.45) is 3.06. The number of nitro groups is 1. The number of aromatic nitrogens is 1. The van der Waals surface area contributed by atoms with E-state index in [1.807, 2.05) is 12.1 Å². The fourth-order valence-electron chi connectivity index (χ4n) is 2.93. The highest BCUT2D eigenvalue weighted by Crippen LogP contribution is 2.25. The van der Waals surface area contributed by atoms with E-state index in [2.05, 4.69) is 14.8 Å². The van der Waals surface area contributed by atoms with Crippen LogP contribution < -0.4 is 4.90 Å². The van der Waals surface area contributed by atoms with Crippen LogP contribution in [-0.4, -0.2) is 41.0 Å². The van der Waals surface area contributed by atoms with Crippen molar-refractivity contribution in [1.82, 2.24) is 9.88 Å². The highest BCUT2D eigenvalue weighted by molar-refractivity contribution is 6.30. The topological polar surface area (TPSA) is 86.3 Å². The number of nitriles is 1. The number of rotatable bonds is 4. The van der Waals surface area contributed by atoms with Crippen LogP contribution in [0.3, 0.4) is 0 Å². The summed E-state index contributed by atoms with van der Waals surface area (Å²) in [5.41, 5.74) is 1.37. The number of anilines is 1. The largest absolute Gasteiger partial charge is 0.367 e. The molecule has 1 fully saturated rings. The summed E-state index contributed by atoms with van der Waals surface area (Å²) in [5.74, 6) is 0.857. The first-order valence-electron chi connectivity index (χ1n) is 8.04. The third-order valence-electron chi connectivity index (χ3n) is 4.21. The molecule has 0 unspecified atom stereocenters. The molecular formula is C18H16ClN5O2. The molecule has 1 aromatic carbocycles. The Morgan fingerprint density at radius 1 is 1.27 bits per heavy atom. The van der Waals surface area contributed by atoms with E-state index in [0.717, 1.165) is 18.9 Å². The molecule has 2 heterocycles. The fourth-order valence-corrected chi connectivity index (χ4v) is 3.04. The Morgan fingerprint density at radius 3 is 2.65 bits per heavy atom. The van der Waals surface area contributed by atoms with Crippen molar-refractivity contribution in [3.05, 3.63) is 69.4 Å². The maximum absolute atomic E-state index is 11.0. The highest BCUT2D eigenvalue weighted by Gasteiger charge is 2.21. The SMILES string of the molecule is N#C/C=C(\c1cccc([N+](=O)[O-])c1)N1CCN(c2ccc(Cl)cn2)CC1. The van der Waals surface area contributed by atoms with Gasteiger partial charge in [-0.05, 0) is 12.1 Å². The number of benzene rings is 1. The molecule has 0 radical (unpaired) electrons. The van der Waals surface area contributed by atoms with Gasteiger partial charge in [0, 0.05) is 56.1 Å². The third kappa shape index (κ3) is 3.92. The molecule has 0 amide bonds. The Morgan fingerprint density at radius 2 is 2.04 bits per heavy atom. The number of non-ortho nitro benzene ring substituents is 1. The van der Waals surface area contributed by atoms with E-state index in [4.69, 9.17) is 16.9 Å². The van der Waals surface area contributed by atoms with Crippen molar-refractivity contribution in [3.8, 4) is 6.07 Å². The maximum Gasteiger partial charge on any atom is 0.270 e. The molecule has 2 aromatic rings. The van der Waals surface area contributed by atoms with Crippen molar-refractivity contribution in [3.63, 3.8) is 0 Å². The van der Waals surface area contributed by atoms with Crippen molar-refractivity contribution in [2.24, 2.45) is 0 Å². The number of piperazine rings is 1. The van der Waals surface area contributed by atoms with Crippen LogP contribution in [0.4, 0.5) is 11.5 Å². The molecule has 0 N–H and O–H groups in total.